The fraction of sp³-hybridized carbons (Fsp3) is 0.250. The van der Waals surface area contributed by atoms with Crippen LogP contribution in [0.3, 0.4) is 0 Å². The number of carbonyl (C=O) groups is 3. The molecule has 0 bridgehead atoms. The van der Waals surface area contributed by atoms with Crippen molar-refractivity contribution in [1.29, 1.82) is 0 Å². The molecule has 0 saturated heterocycles. The summed E-state index contributed by atoms with van der Waals surface area (Å²) in [6, 6.07) is 9.62. The lowest BCUT2D eigenvalue weighted by Gasteiger charge is -2.18. The van der Waals surface area contributed by atoms with Gasteiger partial charge in [-0.3, -0.25) is 19.7 Å². The minimum absolute atomic E-state index is 0.0668. The summed E-state index contributed by atoms with van der Waals surface area (Å²) in [5.41, 5.74) is 0.306. The second-order valence-corrected chi connectivity index (χ2v) is 6.03. The van der Waals surface area contributed by atoms with E-state index in [2.05, 4.69) is 10.1 Å². The van der Waals surface area contributed by atoms with Gasteiger partial charge in [-0.1, -0.05) is 0 Å². The molecule has 0 unspecified atom stereocenters. The Balaban J connectivity index is 2.24. The van der Waals surface area contributed by atoms with Gasteiger partial charge in [0.2, 0.25) is 0 Å². The monoisotopic (exact) mass is 399 g/mol. The van der Waals surface area contributed by atoms with Crippen LogP contribution < -0.4 is 5.32 Å². The summed E-state index contributed by atoms with van der Waals surface area (Å²) in [5, 5.41) is 13.7. The molecule has 9 nitrogen and oxygen atoms in total. The molecule has 9 heteroatoms. The molecule has 0 aliphatic rings. The third kappa shape index (κ3) is 5.16. The maximum absolute atomic E-state index is 12.5. The normalized spacial score (nSPS) is 10.2. The number of non-ortho nitro benzene ring substituents is 1. The number of nitrogens with one attached hydrogen (secondary N) is 1. The van der Waals surface area contributed by atoms with Crippen molar-refractivity contribution in [3.63, 3.8) is 0 Å². The number of nitro benzene ring substituents is 1. The smallest absolute Gasteiger partial charge is 0.338 e. The number of nitro groups is 1. The summed E-state index contributed by atoms with van der Waals surface area (Å²) in [6.45, 7) is 4.95. The maximum atomic E-state index is 12.5. The molecular weight excluding hydrogens is 378 g/mol. The quantitative estimate of drug-likeness (QED) is 0.434. The van der Waals surface area contributed by atoms with Crippen LogP contribution in [0.25, 0.3) is 0 Å². The van der Waals surface area contributed by atoms with Crippen molar-refractivity contribution in [2.75, 3.05) is 25.5 Å². The number of hydrogen-bond acceptors (Lipinski definition) is 6. The number of carbonyl (C=O) groups excluding carboxylic acids is 3. The molecule has 2 aromatic carbocycles. The Morgan fingerprint density at radius 1 is 1.00 bits per heavy atom. The molecule has 0 heterocycles. The Labute approximate surface area is 167 Å². The van der Waals surface area contributed by atoms with Gasteiger partial charge >= 0.3 is 5.97 Å². The Kier molecular flexibility index (Phi) is 7.02. The highest BCUT2D eigenvalue weighted by Crippen LogP contribution is 2.20. The molecule has 0 aromatic heterocycles. The van der Waals surface area contributed by atoms with Gasteiger partial charge in [0, 0.05) is 42.0 Å². The lowest BCUT2D eigenvalue weighted by Crippen LogP contribution is -2.30. The number of amides is 2. The summed E-state index contributed by atoms with van der Waals surface area (Å²) in [6.07, 6.45) is 0. The minimum atomic E-state index is -0.790. The van der Waals surface area contributed by atoms with Gasteiger partial charge in [-0.15, -0.1) is 0 Å². The van der Waals surface area contributed by atoms with E-state index in [0.717, 1.165) is 19.2 Å². The first-order valence-electron chi connectivity index (χ1n) is 8.89. The van der Waals surface area contributed by atoms with E-state index in [-0.39, 0.29) is 17.0 Å². The van der Waals surface area contributed by atoms with Crippen LogP contribution in [-0.2, 0) is 4.74 Å². The summed E-state index contributed by atoms with van der Waals surface area (Å²) >= 11 is 0. The SMILES string of the molecule is CCN(CC)C(=O)c1ccc(NC(=O)c2cc(C(=O)OC)cc([N+](=O)[O-])c2)cc1. The van der Waals surface area contributed by atoms with E-state index in [1.54, 1.807) is 29.2 Å². The molecule has 29 heavy (non-hydrogen) atoms. The molecule has 0 aliphatic carbocycles. The minimum Gasteiger partial charge on any atom is -0.465 e. The number of anilines is 1. The van der Waals surface area contributed by atoms with Crippen LogP contribution >= 0.6 is 0 Å². The molecule has 0 radical (unpaired) electrons. The Morgan fingerprint density at radius 3 is 2.10 bits per heavy atom. The van der Waals surface area contributed by atoms with E-state index >= 15 is 0 Å². The number of benzene rings is 2. The standard InChI is InChI=1S/C20H21N3O6/c1-4-22(5-2)19(25)13-6-8-16(9-7-13)21-18(24)14-10-15(20(26)29-3)12-17(11-14)23(27)28/h6-12H,4-5H2,1-3H3,(H,21,24). The second-order valence-electron chi connectivity index (χ2n) is 6.03. The van der Waals surface area contributed by atoms with E-state index < -0.39 is 22.5 Å². The second kappa shape index (κ2) is 9.45. The molecule has 0 aliphatic heterocycles. The average molecular weight is 399 g/mol. The lowest BCUT2D eigenvalue weighted by atomic mass is 10.1. The van der Waals surface area contributed by atoms with Crippen LogP contribution in [-0.4, -0.2) is 47.8 Å². The van der Waals surface area contributed by atoms with Gasteiger partial charge in [0.05, 0.1) is 17.6 Å². The van der Waals surface area contributed by atoms with Gasteiger partial charge in [0.15, 0.2) is 0 Å². The van der Waals surface area contributed by atoms with Crippen LogP contribution in [0.4, 0.5) is 11.4 Å². The highest BCUT2D eigenvalue weighted by molar-refractivity contribution is 6.06. The molecule has 0 atom stereocenters. The molecule has 152 valence electrons. The van der Waals surface area contributed by atoms with Crippen molar-refractivity contribution < 1.29 is 24.0 Å². The first-order chi connectivity index (χ1) is 13.8. The van der Waals surface area contributed by atoms with E-state index in [1.807, 2.05) is 13.8 Å². The van der Waals surface area contributed by atoms with E-state index in [9.17, 15) is 24.5 Å². The Morgan fingerprint density at radius 2 is 1.59 bits per heavy atom. The molecule has 0 fully saturated rings. The third-order valence-electron chi connectivity index (χ3n) is 4.25. The summed E-state index contributed by atoms with van der Waals surface area (Å²) < 4.78 is 4.57. The third-order valence-corrected chi connectivity index (χ3v) is 4.25. The molecule has 2 rings (SSSR count). The number of methoxy groups -OCH3 is 1. The van der Waals surface area contributed by atoms with Gasteiger partial charge in [0.25, 0.3) is 17.5 Å². The van der Waals surface area contributed by atoms with E-state index in [0.29, 0.717) is 24.3 Å². The number of esters is 1. The number of hydrogen-bond donors (Lipinski definition) is 1. The average Bonchev–Trinajstić information content (AvgIpc) is 2.74. The van der Waals surface area contributed by atoms with Gasteiger partial charge in [-0.05, 0) is 44.2 Å². The van der Waals surface area contributed by atoms with E-state index in [4.69, 9.17) is 0 Å². The summed E-state index contributed by atoms with van der Waals surface area (Å²) in [7, 11) is 1.14. The van der Waals surface area contributed by atoms with E-state index in [1.165, 1.54) is 6.07 Å². The van der Waals surface area contributed by atoms with Gasteiger partial charge in [0.1, 0.15) is 0 Å². The van der Waals surface area contributed by atoms with Crippen molar-refractivity contribution in [2.24, 2.45) is 0 Å². The van der Waals surface area contributed by atoms with Crippen molar-refractivity contribution in [2.45, 2.75) is 13.8 Å². The predicted molar refractivity (Wildman–Crippen MR) is 106 cm³/mol. The van der Waals surface area contributed by atoms with Crippen LogP contribution in [0, 0.1) is 10.1 Å². The fourth-order valence-corrected chi connectivity index (χ4v) is 2.68. The topological polar surface area (TPSA) is 119 Å². The lowest BCUT2D eigenvalue weighted by molar-refractivity contribution is -0.384. The predicted octanol–water partition coefficient (Wildman–Crippen LogP) is 3.12. The van der Waals surface area contributed by atoms with Crippen molar-refractivity contribution in [1.82, 2.24) is 4.90 Å². The first-order valence-corrected chi connectivity index (χ1v) is 8.89. The van der Waals surface area contributed by atoms with Gasteiger partial charge < -0.3 is 15.0 Å². The van der Waals surface area contributed by atoms with Crippen LogP contribution in [0.1, 0.15) is 44.9 Å². The molecule has 0 spiro atoms. The number of rotatable bonds is 7. The van der Waals surface area contributed by atoms with Crippen molar-refractivity contribution in [3.8, 4) is 0 Å². The molecule has 2 aromatic rings. The Bertz CT molecular complexity index is 936. The molecule has 1 N–H and O–H groups in total. The van der Waals surface area contributed by atoms with Gasteiger partial charge in [-0.2, -0.15) is 0 Å². The number of nitrogens with zero attached hydrogens (tertiary/aromatic N) is 2. The molecular formula is C20H21N3O6. The summed E-state index contributed by atoms with van der Waals surface area (Å²) in [4.78, 5) is 48.6. The fourth-order valence-electron chi connectivity index (χ4n) is 2.68. The van der Waals surface area contributed by atoms with Crippen LogP contribution in [0.5, 0.6) is 0 Å². The van der Waals surface area contributed by atoms with Crippen molar-refractivity contribution in [3.05, 3.63) is 69.3 Å². The Hall–Kier alpha value is -3.75. The zero-order valence-corrected chi connectivity index (χ0v) is 16.3. The largest absolute Gasteiger partial charge is 0.465 e. The highest BCUT2D eigenvalue weighted by Gasteiger charge is 2.19. The molecule has 2 amide bonds. The molecule has 0 saturated carbocycles. The van der Waals surface area contributed by atoms with Crippen LogP contribution in [0.15, 0.2) is 42.5 Å². The van der Waals surface area contributed by atoms with Gasteiger partial charge in [-0.25, -0.2) is 4.79 Å². The van der Waals surface area contributed by atoms with Crippen molar-refractivity contribution >= 4 is 29.2 Å². The number of ether oxygens (including phenoxy) is 1. The highest BCUT2D eigenvalue weighted by atomic mass is 16.6. The van der Waals surface area contributed by atoms with Crippen LogP contribution in [0.2, 0.25) is 0 Å². The maximum Gasteiger partial charge on any atom is 0.338 e. The zero-order valence-electron chi connectivity index (χ0n) is 16.3. The zero-order chi connectivity index (χ0) is 21.6. The first kappa shape index (κ1) is 21.5. The summed E-state index contributed by atoms with van der Waals surface area (Å²) in [5.74, 6) is -1.54.